The Morgan fingerprint density at radius 3 is 2.38 bits per heavy atom. The summed E-state index contributed by atoms with van der Waals surface area (Å²) >= 11 is 0. The Morgan fingerprint density at radius 2 is 1.72 bits per heavy atom. The summed E-state index contributed by atoms with van der Waals surface area (Å²) in [6.07, 6.45) is 1.75. The van der Waals surface area contributed by atoms with Gasteiger partial charge in [-0.25, -0.2) is 0 Å². The number of hydroxylamine groups is 1. The van der Waals surface area contributed by atoms with Gasteiger partial charge in [-0.2, -0.15) is 5.48 Å². The molecule has 1 aliphatic heterocycles. The summed E-state index contributed by atoms with van der Waals surface area (Å²) in [7, 11) is 1.66. The van der Waals surface area contributed by atoms with Gasteiger partial charge in [0.2, 0.25) is 0 Å². The number of nitrogens with one attached hydrogen (secondary N) is 1. The number of piperazine rings is 1. The third kappa shape index (κ3) is 6.94. The third-order valence-electron chi connectivity index (χ3n) is 5.34. The predicted molar refractivity (Wildman–Crippen MR) is 114 cm³/mol. The highest BCUT2D eigenvalue weighted by Gasteiger charge is 2.23. The summed E-state index contributed by atoms with van der Waals surface area (Å²) in [6, 6.07) is 18.3. The fourth-order valence-electron chi connectivity index (χ4n) is 3.56. The maximum absolute atomic E-state index is 11.6. The molecule has 2 aromatic carbocycles. The molecule has 0 saturated carbocycles. The molecule has 1 saturated heterocycles. The van der Waals surface area contributed by atoms with Gasteiger partial charge >= 0.3 is 0 Å². The number of benzene rings is 2. The Labute approximate surface area is 173 Å². The molecule has 156 valence electrons. The van der Waals surface area contributed by atoms with Crippen LogP contribution in [0.1, 0.15) is 17.5 Å². The van der Waals surface area contributed by atoms with Gasteiger partial charge in [-0.05, 0) is 29.7 Å². The molecule has 1 heterocycles. The number of hydrogen-bond acceptors (Lipinski definition) is 6. The monoisotopic (exact) mass is 397 g/mol. The molecule has 0 aromatic heterocycles. The zero-order valence-electron chi connectivity index (χ0n) is 17.1. The smallest absolute Gasteiger partial charge is 0.137 e. The van der Waals surface area contributed by atoms with Gasteiger partial charge in [0.1, 0.15) is 12.0 Å². The molecule has 3 rings (SSSR count). The van der Waals surface area contributed by atoms with E-state index in [1.165, 1.54) is 5.56 Å². The van der Waals surface area contributed by atoms with Crippen molar-refractivity contribution in [3.05, 3.63) is 65.7 Å². The number of carbonyl (C=O) groups excluding carboxylic acids is 1. The van der Waals surface area contributed by atoms with E-state index in [-0.39, 0.29) is 6.04 Å². The van der Waals surface area contributed by atoms with Gasteiger partial charge in [0.25, 0.3) is 0 Å². The van der Waals surface area contributed by atoms with E-state index in [1.807, 2.05) is 30.3 Å². The van der Waals surface area contributed by atoms with Gasteiger partial charge in [0.05, 0.1) is 19.8 Å². The molecule has 1 N–H and O–H groups in total. The van der Waals surface area contributed by atoms with Gasteiger partial charge in [-0.1, -0.05) is 42.5 Å². The van der Waals surface area contributed by atoms with E-state index in [0.717, 1.165) is 50.3 Å². The normalized spacial score (nSPS) is 16.4. The van der Waals surface area contributed by atoms with E-state index < -0.39 is 0 Å². The second kappa shape index (κ2) is 11.7. The van der Waals surface area contributed by atoms with Crippen LogP contribution < -0.4 is 10.2 Å². The molecule has 0 amide bonds. The van der Waals surface area contributed by atoms with E-state index >= 15 is 0 Å². The second-order valence-corrected chi connectivity index (χ2v) is 7.31. The SMILES string of the molecule is COc1ccc(CNOCCC(C=O)N2CCN(Cc3ccccc3)CC2)cc1. The van der Waals surface area contributed by atoms with Crippen molar-refractivity contribution in [3.63, 3.8) is 0 Å². The average molecular weight is 398 g/mol. The molecule has 1 fully saturated rings. The minimum absolute atomic E-state index is 0.0864. The minimum atomic E-state index is -0.0864. The fraction of sp³-hybridized carbons (Fsp3) is 0.435. The minimum Gasteiger partial charge on any atom is -0.497 e. The fourth-order valence-corrected chi connectivity index (χ4v) is 3.56. The quantitative estimate of drug-likeness (QED) is 0.357. The van der Waals surface area contributed by atoms with Crippen molar-refractivity contribution in [2.75, 3.05) is 39.9 Å². The summed E-state index contributed by atoms with van der Waals surface area (Å²) in [6.45, 7) is 5.88. The molecule has 0 radical (unpaired) electrons. The summed E-state index contributed by atoms with van der Waals surface area (Å²) in [5.74, 6) is 0.840. The summed E-state index contributed by atoms with van der Waals surface area (Å²) in [5.41, 5.74) is 5.43. The first-order valence-corrected chi connectivity index (χ1v) is 10.2. The topological polar surface area (TPSA) is 54.0 Å². The van der Waals surface area contributed by atoms with Gasteiger partial charge < -0.3 is 14.4 Å². The van der Waals surface area contributed by atoms with Crippen LogP contribution in [0.3, 0.4) is 0 Å². The second-order valence-electron chi connectivity index (χ2n) is 7.31. The van der Waals surface area contributed by atoms with Crippen molar-refractivity contribution >= 4 is 6.29 Å². The summed E-state index contributed by atoms with van der Waals surface area (Å²) in [4.78, 5) is 21.8. The molecule has 0 aliphatic carbocycles. The molecule has 1 atom stereocenters. The van der Waals surface area contributed by atoms with Crippen molar-refractivity contribution in [2.24, 2.45) is 0 Å². The van der Waals surface area contributed by atoms with Gasteiger partial charge in [-0.15, -0.1) is 0 Å². The van der Waals surface area contributed by atoms with E-state index in [9.17, 15) is 4.79 Å². The Bertz CT molecular complexity index is 716. The Morgan fingerprint density at radius 1 is 1.00 bits per heavy atom. The lowest BCUT2D eigenvalue weighted by molar-refractivity contribution is -0.114. The highest BCUT2D eigenvalue weighted by atomic mass is 16.6. The van der Waals surface area contributed by atoms with Gasteiger partial charge in [0, 0.05) is 39.3 Å². The van der Waals surface area contributed by atoms with Crippen LogP contribution in [-0.2, 0) is 22.7 Å². The average Bonchev–Trinajstić information content (AvgIpc) is 2.78. The van der Waals surface area contributed by atoms with Crippen LogP contribution in [0.2, 0.25) is 0 Å². The Kier molecular flexibility index (Phi) is 8.64. The zero-order chi connectivity index (χ0) is 20.3. The Balaban J connectivity index is 1.32. The van der Waals surface area contributed by atoms with Crippen LogP contribution in [0, 0.1) is 0 Å². The lowest BCUT2D eigenvalue weighted by Gasteiger charge is -2.37. The number of carbonyl (C=O) groups is 1. The van der Waals surface area contributed by atoms with E-state index in [2.05, 4.69) is 39.5 Å². The number of rotatable bonds is 11. The van der Waals surface area contributed by atoms with E-state index in [1.54, 1.807) is 7.11 Å². The van der Waals surface area contributed by atoms with Crippen molar-refractivity contribution in [2.45, 2.75) is 25.6 Å². The first-order valence-electron chi connectivity index (χ1n) is 10.2. The molecule has 1 unspecified atom stereocenters. The Hall–Kier alpha value is -2.25. The molecule has 29 heavy (non-hydrogen) atoms. The predicted octanol–water partition coefficient (Wildman–Crippen LogP) is 2.49. The molecular weight excluding hydrogens is 366 g/mol. The molecule has 1 aliphatic rings. The summed E-state index contributed by atoms with van der Waals surface area (Å²) in [5, 5.41) is 0. The van der Waals surface area contributed by atoms with Crippen LogP contribution in [0.15, 0.2) is 54.6 Å². The van der Waals surface area contributed by atoms with Gasteiger partial charge in [-0.3, -0.25) is 9.80 Å². The molecule has 6 nitrogen and oxygen atoms in total. The van der Waals surface area contributed by atoms with Crippen molar-refractivity contribution in [1.29, 1.82) is 0 Å². The molecule has 6 heteroatoms. The summed E-state index contributed by atoms with van der Waals surface area (Å²) < 4.78 is 5.15. The lowest BCUT2D eigenvalue weighted by atomic mass is 10.1. The highest BCUT2D eigenvalue weighted by Crippen LogP contribution is 2.12. The molecule has 0 bridgehead atoms. The first-order chi connectivity index (χ1) is 14.3. The largest absolute Gasteiger partial charge is 0.497 e. The molecule has 2 aromatic rings. The van der Waals surface area contributed by atoms with Crippen LogP contribution in [0.5, 0.6) is 5.75 Å². The molecular formula is C23H31N3O3. The van der Waals surface area contributed by atoms with E-state index in [0.29, 0.717) is 19.6 Å². The van der Waals surface area contributed by atoms with Crippen LogP contribution in [0.25, 0.3) is 0 Å². The van der Waals surface area contributed by atoms with Crippen LogP contribution in [0.4, 0.5) is 0 Å². The maximum Gasteiger partial charge on any atom is 0.137 e. The number of hydrogen-bond donors (Lipinski definition) is 1. The number of ether oxygens (including phenoxy) is 1. The number of methoxy groups -OCH3 is 1. The zero-order valence-corrected chi connectivity index (χ0v) is 17.1. The van der Waals surface area contributed by atoms with Crippen LogP contribution >= 0.6 is 0 Å². The van der Waals surface area contributed by atoms with Crippen LogP contribution in [-0.4, -0.2) is 62.0 Å². The first kappa shape index (κ1) is 21.5. The highest BCUT2D eigenvalue weighted by molar-refractivity contribution is 5.57. The van der Waals surface area contributed by atoms with Crippen molar-refractivity contribution in [3.8, 4) is 5.75 Å². The van der Waals surface area contributed by atoms with Crippen molar-refractivity contribution in [1.82, 2.24) is 15.3 Å². The standard InChI is InChI=1S/C23H31N3O3/c1-28-23-9-7-20(8-10-23)17-24-29-16-11-22(19-27)26-14-12-25(13-15-26)18-21-5-3-2-4-6-21/h2-10,19,22,24H,11-18H2,1H3. The lowest BCUT2D eigenvalue weighted by Crippen LogP contribution is -2.50. The number of nitrogens with zero attached hydrogens (tertiary/aromatic N) is 2. The molecule has 0 spiro atoms. The van der Waals surface area contributed by atoms with Gasteiger partial charge in [0.15, 0.2) is 0 Å². The maximum atomic E-state index is 11.6. The van der Waals surface area contributed by atoms with Crippen molar-refractivity contribution < 1.29 is 14.4 Å². The number of aldehydes is 1. The third-order valence-corrected chi connectivity index (χ3v) is 5.34. The van der Waals surface area contributed by atoms with E-state index in [4.69, 9.17) is 9.57 Å².